The number of rotatable bonds is 3. The highest BCUT2D eigenvalue weighted by Crippen LogP contribution is 2.38. The molecule has 26 heavy (non-hydrogen) atoms. The van der Waals surface area contributed by atoms with Gasteiger partial charge >= 0.3 is 6.18 Å². The molecule has 0 amide bonds. The van der Waals surface area contributed by atoms with E-state index in [1.54, 1.807) is 6.07 Å². The molecule has 1 aliphatic rings. The average Bonchev–Trinajstić information content (AvgIpc) is 3.23. The molecule has 3 nitrogen and oxygen atoms in total. The van der Waals surface area contributed by atoms with Crippen molar-refractivity contribution in [3.63, 3.8) is 0 Å². The van der Waals surface area contributed by atoms with Crippen molar-refractivity contribution < 1.29 is 13.2 Å². The Morgan fingerprint density at radius 1 is 1.08 bits per heavy atom. The molecule has 8 heteroatoms. The van der Waals surface area contributed by atoms with E-state index < -0.39 is 11.9 Å². The first-order valence-electron chi connectivity index (χ1n) is 8.21. The number of halogens is 4. The zero-order chi connectivity index (χ0) is 17.4. The standard InChI is InChI=1S/C18H18F3N3S.ClH/c19-18(20,21)17-11-14-15(23-8-6-22-7-9-23)4-1-5-16(14)24(17)12-13-3-2-10-25-13;/h1-5,10-11,22H,6-9,12H2;1H. The summed E-state index contributed by atoms with van der Waals surface area (Å²) in [6.45, 7) is 3.53. The Morgan fingerprint density at radius 3 is 2.50 bits per heavy atom. The normalized spacial score (nSPS) is 15.3. The number of thiophene rings is 1. The summed E-state index contributed by atoms with van der Waals surface area (Å²) in [5, 5.41) is 5.84. The molecule has 0 radical (unpaired) electrons. The Kier molecular flexibility index (Phi) is 5.50. The quantitative estimate of drug-likeness (QED) is 0.692. The van der Waals surface area contributed by atoms with Gasteiger partial charge in [0.15, 0.2) is 0 Å². The maximum Gasteiger partial charge on any atom is 0.431 e. The summed E-state index contributed by atoms with van der Waals surface area (Å²) >= 11 is 1.47. The highest BCUT2D eigenvalue weighted by atomic mass is 35.5. The third kappa shape index (κ3) is 3.56. The summed E-state index contributed by atoms with van der Waals surface area (Å²) in [5.74, 6) is 0. The topological polar surface area (TPSA) is 20.2 Å². The molecule has 1 fully saturated rings. The fourth-order valence-corrected chi connectivity index (χ4v) is 4.11. The average molecular weight is 402 g/mol. The van der Waals surface area contributed by atoms with Crippen LogP contribution in [0, 0.1) is 0 Å². The van der Waals surface area contributed by atoms with Gasteiger partial charge in [-0.1, -0.05) is 12.1 Å². The molecule has 3 heterocycles. The Hall–Kier alpha value is -1.70. The minimum absolute atomic E-state index is 0. The second kappa shape index (κ2) is 7.50. The van der Waals surface area contributed by atoms with Crippen molar-refractivity contribution in [2.45, 2.75) is 12.7 Å². The molecule has 0 aliphatic carbocycles. The molecule has 0 atom stereocenters. The van der Waals surface area contributed by atoms with Crippen LogP contribution >= 0.6 is 23.7 Å². The summed E-state index contributed by atoms with van der Waals surface area (Å²) in [6.07, 6.45) is -4.38. The highest BCUT2D eigenvalue weighted by Gasteiger charge is 2.36. The number of anilines is 1. The zero-order valence-electron chi connectivity index (χ0n) is 13.9. The molecule has 0 bridgehead atoms. The molecule has 0 spiro atoms. The third-order valence-electron chi connectivity index (χ3n) is 4.56. The van der Waals surface area contributed by atoms with Gasteiger partial charge in [0, 0.05) is 42.1 Å². The lowest BCUT2D eigenvalue weighted by Gasteiger charge is -2.30. The van der Waals surface area contributed by atoms with Crippen molar-refractivity contribution in [2.75, 3.05) is 31.1 Å². The van der Waals surface area contributed by atoms with E-state index in [2.05, 4.69) is 10.2 Å². The fourth-order valence-electron chi connectivity index (χ4n) is 3.41. The van der Waals surface area contributed by atoms with Gasteiger partial charge in [-0.3, -0.25) is 0 Å². The molecule has 0 unspecified atom stereocenters. The molecular weight excluding hydrogens is 383 g/mol. The van der Waals surface area contributed by atoms with Crippen LogP contribution in [0.1, 0.15) is 10.6 Å². The van der Waals surface area contributed by atoms with Gasteiger partial charge in [0.2, 0.25) is 0 Å². The number of alkyl halides is 3. The van der Waals surface area contributed by atoms with Gasteiger partial charge in [0.1, 0.15) is 5.69 Å². The number of aromatic nitrogens is 1. The summed E-state index contributed by atoms with van der Waals surface area (Å²) in [6, 6.07) is 10.6. The van der Waals surface area contributed by atoms with Crippen LogP contribution in [0.5, 0.6) is 0 Å². The SMILES string of the molecule is Cl.FC(F)(F)c1cc2c(N3CCNCC3)cccc2n1Cc1cccs1. The molecule has 0 saturated carbocycles. The van der Waals surface area contributed by atoms with Crippen LogP contribution in [-0.2, 0) is 12.7 Å². The minimum Gasteiger partial charge on any atom is -0.368 e. The second-order valence-corrected chi connectivity index (χ2v) is 7.17. The molecule has 2 aromatic heterocycles. The molecule has 1 aromatic carbocycles. The first kappa shape index (κ1) is 19.1. The van der Waals surface area contributed by atoms with E-state index in [9.17, 15) is 13.2 Å². The van der Waals surface area contributed by atoms with Crippen LogP contribution in [-0.4, -0.2) is 30.7 Å². The molecular formula is C18H19ClF3N3S. The van der Waals surface area contributed by atoms with Crippen LogP contribution in [0.3, 0.4) is 0 Å². The van der Waals surface area contributed by atoms with Gasteiger partial charge in [-0.25, -0.2) is 0 Å². The van der Waals surface area contributed by atoms with E-state index in [1.165, 1.54) is 22.0 Å². The molecule has 4 rings (SSSR count). The van der Waals surface area contributed by atoms with Crippen LogP contribution in [0.4, 0.5) is 18.9 Å². The monoisotopic (exact) mass is 401 g/mol. The van der Waals surface area contributed by atoms with Gasteiger partial charge in [-0.15, -0.1) is 23.7 Å². The lowest BCUT2D eigenvalue weighted by Crippen LogP contribution is -2.43. The lowest BCUT2D eigenvalue weighted by atomic mass is 10.1. The van der Waals surface area contributed by atoms with E-state index in [0.29, 0.717) is 10.9 Å². The Balaban J connectivity index is 0.00000196. The van der Waals surface area contributed by atoms with Gasteiger partial charge in [-0.2, -0.15) is 13.2 Å². The van der Waals surface area contributed by atoms with Crippen LogP contribution in [0.2, 0.25) is 0 Å². The van der Waals surface area contributed by atoms with E-state index in [4.69, 9.17) is 0 Å². The first-order chi connectivity index (χ1) is 12.0. The van der Waals surface area contributed by atoms with Crippen LogP contribution < -0.4 is 10.2 Å². The Bertz CT molecular complexity index is 868. The largest absolute Gasteiger partial charge is 0.431 e. The number of piperazine rings is 1. The third-order valence-corrected chi connectivity index (χ3v) is 5.43. The smallest absolute Gasteiger partial charge is 0.368 e. The van der Waals surface area contributed by atoms with E-state index in [-0.39, 0.29) is 19.0 Å². The number of hydrogen-bond acceptors (Lipinski definition) is 3. The van der Waals surface area contributed by atoms with Crippen molar-refractivity contribution in [1.82, 2.24) is 9.88 Å². The Morgan fingerprint density at radius 2 is 1.85 bits per heavy atom. The molecule has 3 aromatic rings. The minimum atomic E-state index is -4.38. The molecule has 1 saturated heterocycles. The highest BCUT2D eigenvalue weighted by molar-refractivity contribution is 7.09. The number of hydrogen-bond donors (Lipinski definition) is 1. The van der Waals surface area contributed by atoms with E-state index in [1.807, 2.05) is 29.6 Å². The fraction of sp³-hybridized carbons (Fsp3) is 0.333. The van der Waals surface area contributed by atoms with Gasteiger partial charge in [0.25, 0.3) is 0 Å². The predicted octanol–water partition coefficient (Wildman–Crippen LogP) is 4.60. The Labute approximate surface area is 159 Å². The first-order valence-corrected chi connectivity index (χ1v) is 9.09. The zero-order valence-corrected chi connectivity index (χ0v) is 15.6. The van der Waals surface area contributed by atoms with Gasteiger partial charge < -0.3 is 14.8 Å². The molecule has 1 aliphatic heterocycles. The summed E-state index contributed by atoms with van der Waals surface area (Å²) in [4.78, 5) is 3.07. The lowest BCUT2D eigenvalue weighted by molar-refractivity contribution is -0.143. The number of benzene rings is 1. The number of fused-ring (bicyclic) bond motifs is 1. The van der Waals surface area contributed by atoms with Crippen molar-refractivity contribution >= 4 is 40.3 Å². The van der Waals surface area contributed by atoms with Crippen molar-refractivity contribution in [3.8, 4) is 0 Å². The van der Waals surface area contributed by atoms with Crippen molar-refractivity contribution in [1.29, 1.82) is 0 Å². The van der Waals surface area contributed by atoms with Crippen LogP contribution in [0.25, 0.3) is 10.9 Å². The van der Waals surface area contributed by atoms with Crippen LogP contribution in [0.15, 0.2) is 41.8 Å². The molecule has 1 N–H and O–H groups in total. The summed E-state index contributed by atoms with van der Waals surface area (Å²) in [5.41, 5.74) is 0.935. The predicted molar refractivity (Wildman–Crippen MR) is 103 cm³/mol. The maximum atomic E-state index is 13.6. The van der Waals surface area contributed by atoms with E-state index >= 15 is 0 Å². The second-order valence-electron chi connectivity index (χ2n) is 6.14. The van der Waals surface area contributed by atoms with Gasteiger partial charge in [0.05, 0.1) is 12.1 Å². The van der Waals surface area contributed by atoms with Crippen molar-refractivity contribution in [3.05, 3.63) is 52.3 Å². The van der Waals surface area contributed by atoms with Gasteiger partial charge in [-0.05, 0) is 29.6 Å². The maximum absolute atomic E-state index is 13.6. The summed E-state index contributed by atoms with van der Waals surface area (Å²) in [7, 11) is 0. The number of nitrogens with one attached hydrogen (secondary N) is 1. The van der Waals surface area contributed by atoms with E-state index in [0.717, 1.165) is 36.7 Å². The van der Waals surface area contributed by atoms with Crippen molar-refractivity contribution in [2.24, 2.45) is 0 Å². The number of nitrogens with zero attached hydrogens (tertiary/aromatic N) is 2. The molecule has 140 valence electrons. The summed E-state index contributed by atoms with van der Waals surface area (Å²) < 4.78 is 42.3.